The molecule has 0 saturated carbocycles. The molecule has 3 aromatic heterocycles. The van der Waals surface area contributed by atoms with E-state index in [0.717, 1.165) is 39.6 Å². The molecule has 0 bridgehead atoms. The van der Waals surface area contributed by atoms with Crippen LogP contribution in [0, 0.1) is 0 Å². The van der Waals surface area contributed by atoms with Gasteiger partial charge < -0.3 is 18.6 Å². The molecule has 13 rings (SSSR count). The molecule has 0 aliphatic carbocycles. The van der Waals surface area contributed by atoms with E-state index in [1.165, 1.54) is 82.4 Å². The van der Waals surface area contributed by atoms with Crippen LogP contribution in [0.25, 0.3) is 93.8 Å². The topological polar surface area (TPSA) is 18.0 Å². The number of benzene rings is 10. The van der Waals surface area contributed by atoms with Crippen molar-refractivity contribution in [3.8, 4) is 39.3 Å². The van der Waals surface area contributed by atoms with E-state index in [0.29, 0.717) is 0 Å². The van der Waals surface area contributed by atoms with Crippen LogP contribution in [0.4, 0.5) is 17.1 Å². The number of hydrogen-bond acceptors (Lipinski definition) is 1. The van der Waals surface area contributed by atoms with Crippen molar-refractivity contribution in [3.05, 3.63) is 254 Å². The molecule has 0 N–H and O–H groups in total. The summed E-state index contributed by atoms with van der Waals surface area (Å²) in [6, 6.07) is 87.5. The molecule has 0 spiro atoms. The van der Waals surface area contributed by atoms with E-state index in [1.807, 2.05) is 0 Å². The van der Waals surface area contributed by atoms with E-state index < -0.39 is 0 Å². The van der Waals surface area contributed by atoms with E-state index in [9.17, 15) is 0 Å². The summed E-state index contributed by atoms with van der Waals surface area (Å²) in [4.78, 5) is 2.43. The smallest absolute Gasteiger partial charge is 0.0635 e. The molecule has 0 fully saturated rings. The van der Waals surface area contributed by atoms with Gasteiger partial charge in [0.25, 0.3) is 0 Å². The van der Waals surface area contributed by atoms with Gasteiger partial charge in [-0.2, -0.15) is 0 Å². The van der Waals surface area contributed by atoms with Crippen LogP contribution in [0.2, 0.25) is 0 Å². The summed E-state index contributed by atoms with van der Waals surface area (Å²) < 4.78 is 7.27. The second-order valence-electron chi connectivity index (χ2n) is 21.9. The number of nitrogens with zero attached hydrogens (tertiary/aromatic N) is 4. The Morgan fingerprint density at radius 3 is 1.46 bits per heavy atom. The van der Waals surface area contributed by atoms with Crippen molar-refractivity contribution in [2.75, 3.05) is 4.90 Å². The lowest BCUT2D eigenvalue weighted by molar-refractivity contribution is 0.590. The highest BCUT2D eigenvalue weighted by atomic mass is 15.1. The Morgan fingerprint density at radius 2 is 0.824 bits per heavy atom. The molecule has 0 unspecified atom stereocenters. The molecule has 4 nitrogen and oxygen atoms in total. The first-order chi connectivity index (χ1) is 36.0. The summed E-state index contributed by atoms with van der Waals surface area (Å²) in [5, 5.41) is 6.09. The zero-order chi connectivity index (χ0) is 50.3. The molecule has 0 amide bonds. The van der Waals surface area contributed by atoms with Crippen molar-refractivity contribution in [3.63, 3.8) is 0 Å². The fourth-order valence-corrected chi connectivity index (χ4v) is 11.3. The average molecular weight is 955 g/mol. The van der Waals surface area contributed by atoms with Gasteiger partial charge in [0.1, 0.15) is 0 Å². The maximum Gasteiger partial charge on any atom is 0.0635 e. The van der Waals surface area contributed by atoms with Gasteiger partial charge >= 0.3 is 0 Å². The number of para-hydroxylation sites is 2. The Hall–Kier alpha value is -8.86. The summed E-state index contributed by atoms with van der Waals surface area (Å²) >= 11 is 0. The molecule has 3 heterocycles. The van der Waals surface area contributed by atoms with Gasteiger partial charge in [0, 0.05) is 67.3 Å². The number of hydrogen-bond donors (Lipinski definition) is 0. The molecule has 0 saturated heterocycles. The van der Waals surface area contributed by atoms with Crippen LogP contribution >= 0.6 is 0 Å². The van der Waals surface area contributed by atoms with Crippen LogP contribution in [-0.2, 0) is 10.8 Å². The van der Waals surface area contributed by atoms with Crippen LogP contribution < -0.4 is 4.90 Å². The highest BCUT2D eigenvalue weighted by Crippen LogP contribution is 2.44. The van der Waals surface area contributed by atoms with Crippen molar-refractivity contribution in [2.45, 2.75) is 52.4 Å². The largest absolute Gasteiger partial charge is 0.316 e. The third kappa shape index (κ3) is 7.68. The van der Waals surface area contributed by atoms with Crippen LogP contribution in [-0.4, -0.2) is 13.7 Å². The van der Waals surface area contributed by atoms with E-state index >= 15 is 0 Å². The van der Waals surface area contributed by atoms with Crippen molar-refractivity contribution in [1.29, 1.82) is 0 Å². The van der Waals surface area contributed by atoms with Gasteiger partial charge in [-0.3, -0.25) is 0 Å². The summed E-state index contributed by atoms with van der Waals surface area (Å²) in [5.41, 5.74) is 20.0. The quantitative estimate of drug-likeness (QED) is 0.148. The van der Waals surface area contributed by atoms with Gasteiger partial charge in [-0.1, -0.05) is 175 Å². The van der Waals surface area contributed by atoms with E-state index in [1.54, 1.807) is 0 Å². The monoisotopic (exact) mass is 954 g/mol. The molecule has 13 aromatic rings. The van der Waals surface area contributed by atoms with Gasteiger partial charge in [-0.05, 0) is 147 Å². The third-order valence-electron chi connectivity index (χ3n) is 15.2. The van der Waals surface area contributed by atoms with Gasteiger partial charge in [0.05, 0.1) is 27.6 Å². The standard InChI is InChI=1S/C70H58N4/c1-69(2,3)51-28-32-53(33-29-51)72(57-36-38-67-63(46-57)60-25-14-15-26-65(60)73(67)54-34-30-52(31-35-54)70(4,5)6)55-22-17-23-56(45-55)74-66-27-16-13-24-59(66)61-37-39-64-62(68(61)74)40-41-71(64)58-43-49(47-18-9-7-10-19-47)42-50(44-58)48-20-11-8-12-21-48/h7-46H,1-6H3. The molecule has 0 atom stereocenters. The van der Waals surface area contributed by atoms with Gasteiger partial charge in [-0.15, -0.1) is 0 Å². The Balaban J connectivity index is 0.990. The van der Waals surface area contributed by atoms with Crippen LogP contribution in [0.3, 0.4) is 0 Å². The first kappa shape index (κ1) is 45.0. The Bertz CT molecular complexity index is 4170. The predicted octanol–water partition coefficient (Wildman–Crippen LogP) is 19.2. The molecule has 358 valence electrons. The van der Waals surface area contributed by atoms with Gasteiger partial charge in [-0.25, -0.2) is 0 Å². The number of aromatic nitrogens is 3. The Labute approximate surface area is 433 Å². The Kier molecular flexibility index (Phi) is 10.6. The molecule has 0 aliphatic heterocycles. The molecule has 0 aliphatic rings. The molecular weight excluding hydrogens is 897 g/mol. The molecule has 74 heavy (non-hydrogen) atoms. The molecule has 4 heteroatoms. The number of rotatable bonds is 8. The van der Waals surface area contributed by atoms with Crippen molar-refractivity contribution in [1.82, 2.24) is 13.7 Å². The zero-order valence-corrected chi connectivity index (χ0v) is 42.9. The summed E-state index contributed by atoms with van der Waals surface area (Å²) in [7, 11) is 0. The minimum absolute atomic E-state index is 0.0186. The highest BCUT2D eigenvalue weighted by Gasteiger charge is 2.23. The van der Waals surface area contributed by atoms with Gasteiger partial charge in [0.2, 0.25) is 0 Å². The fourth-order valence-electron chi connectivity index (χ4n) is 11.3. The average Bonchev–Trinajstić information content (AvgIpc) is 4.12. The molecule has 0 radical (unpaired) electrons. The Morgan fingerprint density at radius 1 is 0.297 bits per heavy atom. The van der Waals surface area contributed by atoms with Crippen LogP contribution in [0.15, 0.2) is 243 Å². The van der Waals surface area contributed by atoms with Crippen LogP contribution in [0.5, 0.6) is 0 Å². The first-order valence-electron chi connectivity index (χ1n) is 25.9. The lowest BCUT2D eigenvalue weighted by Crippen LogP contribution is -2.13. The second-order valence-corrected chi connectivity index (χ2v) is 21.9. The zero-order valence-electron chi connectivity index (χ0n) is 42.9. The minimum atomic E-state index is 0.0186. The summed E-state index contributed by atoms with van der Waals surface area (Å²) in [5.74, 6) is 0. The first-order valence-corrected chi connectivity index (χ1v) is 25.9. The maximum absolute atomic E-state index is 2.49. The molecule has 10 aromatic carbocycles. The lowest BCUT2D eigenvalue weighted by atomic mass is 9.87. The van der Waals surface area contributed by atoms with Crippen molar-refractivity contribution in [2.24, 2.45) is 0 Å². The summed E-state index contributed by atoms with van der Waals surface area (Å²) in [6.45, 7) is 13.7. The number of fused-ring (bicyclic) bond motifs is 8. The van der Waals surface area contributed by atoms with Crippen molar-refractivity contribution < 1.29 is 0 Å². The summed E-state index contributed by atoms with van der Waals surface area (Å²) in [6.07, 6.45) is 2.25. The van der Waals surface area contributed by atoms with Gasteiger partial charge in [0.15, 0.2) is 0 Å². The van der Waals surface area contributed by atoms with E-state index in [4.69, 9.17) is 0 Å². The molecular formula is C70H58N4. The minimum Gasteiger partial charge on any atom is -0.316 e. The van der Waals surface area contributed by atoms with Crippen LogP contribution in [0.1, 0.15) is 52.7 Å². The third-order valence-corrected chi connectivity index (χ3v) is 15.2. The maximum atomic E-state index is 2.49. The van der Waals surface area contributed by atoms with E-state index in [-0.39, 0.29) is 10.8 Å². The van der Waals surface area contributed by atoms with Crippen molar-refractivity contribution >= 4 is 71.6 Å². The fraction of sp³-hybridized carbons (Fsp3) is 0.114. The predicted molar refractivity (Wildman–Crippen MR) is 315 cm³/mol. The number of anilines is 3. The highest BCUT2D eigenvalue weighted by molar-refractivity contribution is 6.18. The second kappa shape index (κ2) is 17.4. The lowest BCUT2D eigenvalue weighted by Gasteiger charge is -2.27. The normalized spacial score (nSPS) is 12.2. The van der Waals surface area contributed by atoms with E-state index in [2.05, 4.69) is 303 Å². The SMILES string of the molecule is CC(C)(C)c1ccc(N(c2cccc(-n3c4ccccc4c4ccc5c(ccn5-c5cc(-c6ccccc6)cc(-c6ccccc6)c5)c43)c2)c2ccc3c(c2)c2ccccc2n3-c2ccc(C(C)(C)C)cc2)cc1.